The van der Waals surface area contributed by atoms with Crippen LogP contribution in [0.4, 0.5) is 5.82 Å². The number of fused-ring (bicyclic) bond motifs is 1. The van der Waals surface area contributed by atoms with Crippen molar-refractivity contribution in [2.24, 2.45) is 0 Å². The zero-order chi connectivity index (χ0) is 17.1. The molecular formula is C17H20N4O3. The van der Waals surface area contributed by atoms with E-state index >= 15 is 0 Å². The van der Waals surface area contributed by atoms with E-state index in [0.717, 1.165) is 42.7 Å². The second kappa shape index (κ2) is 6.82. The first-order chi connectivity index (χ1) is 11.5. The Labute approximate surface area is 140 Å². The van der Waals surface area contributed by atoms with Crippen LogP contribution in [0.15, 0.2) is 22.7 Å². The predicted molar refractivity (Wildman–Crippen MR) is 87.7 cm³/mol. The van der Waals surface area contributed by atoms with E-state index in [4.69, 9.17) is 4.52 Å². The molecule has 0 bridgehead atoms. The number of aromatic nitrogens is 2. The van der Waals surface area contributed by atoms with Crippen LogP contribution in [0.25, 0.3) is 0 Å². The number of nitrogens with zero attached hydrogens (tertiary/aromatic N) is 3. The average molecular weight is 328 g/mol. The van der Waals surface area contributed by atoms with Gasteiger partial charge in [-0.15, -0.1) is 0 Å². The first-order valence-corrected chi connectivity index (χ1v) is 8.01. The molecule has 2 aromatic rings. The number of hydrogen-bond acceptors (Lipinski definition) is 5. The highest BCUT2D eigenvalue weighted by molar-refractivity contribution is 5.98. The van der Waals surface area contributed by atoms with Crippen LogP contribution < -0.4 is 5.32 Å². The van der Waals surface area contributed by atoms with Crippen molar-refractivity contribution >= 4 is 17.6 Å². The standard InChI is InChI=1S/C17H20N4O3/c1-11-6-5-9-14(18-11)19-15(22)10-21(2)17(23)16-12-7-3-4-8-13(12)24-20-16/h5-6,9H,3-4,7-8,10H2,1-2H3,(H,18,19,22). The molecule has 0 unspecified atom stereocenters. The minimum absolute atomic E-state index is 0.0733. The van der Waals surface area contributed by atoms with Gasteiger partial charge in [0.1, 0.15) is 11.6 Å². The minimum atomic E-state index is -0.304. The van der Waals surface area contributed by atoms with Crippen molar-refractivity contribution in [3.05, 3.63) is 40.9 Å². The van der Waals surface area contributed by atoms with Gasteiger partial charge >= 0.3 is 0 Å². The zero-order valence-electron chi connectivity index (χ0n) is 13.8. The number of likely N-dealkylation sites (N-methyl/N-ethyl adjacent to an activating group) is 1. The Morgan fingerprint density at radius 3 is 2.88 bits per heavy atom. The van der Waals surface area contributed by atoms with E-state index in [0.29, 0.717) is 11.5 Å². The summed E-state index contributed by atoms with van der Waals surface area (Å²) in [5.74, 6) is 0.668. The van der Waals surface area contributed by atoms with Crippen LogP contribution in [-0.2, 0) is 17.6 Å². The number of anilines is 1. The summed E-state index contributed by atoms with van der Waals surface area (Å²) in [4.78, 5) is 30.2. The first kappa shape index (κ1) is 16.2. The third-order valence-electron chi connectivity index (χ3n) is 4.04. The number of pyridine rings is 1. The Morgan fingerprint density at radius 1 is 1.29 bits per heavy atom. The smallest absolute Gasteiger partial charge is 0.276 e. The topological polar surface area (TPSA) is 88.3 Å². The summed E-state index contributed by atoms with van der Waals surface area (Å²) in [6.45, 7) is 1.77. The fourth-order valence-electron chi connectivity index (χ4n) is 2.82. The number of aryl methyl sites for hydroxylation is 2. The molecule has 3 rings (SSSR count). The van der Waals surface area contributed by atoms with E-state index in [1.54, 1.807) is 13.1 Å². The van der Waals surface area contributed by atoms with Crippen LogP contribution in [0.3, 0.4) is 0 Å². The molecule has 0 atom stereocenters. The van der Waals surface area contributed by atoms with Crippen molar-refractivity contribution in [3.63, 3.8) is 0 Å². The molecule has 0 saturated heterocycles. The van der Waals surface area contributed by atoms with Gasteiger partial charge in [-0.1, -0.05) is 11.2 Å². The maximum atomic E-state index is 12.5. The van der Waals surface area contributed by atoms with E-state index in [-0.39, 0.29) is 18.4 Å². The monoisotopic (exact) mass is 328 g/mol. The quantitative estimate of drug-likeness (QED) is 0.927. The molecule has 7 heteroatoms. The predicted octanol–water partition coefficient (Wildman–Crippen LogP) is 1.97. The molecule has 0 aliphatic heterocycles. The van der Waals surface area contributed by atoms with Crippen molar-refractivity contribution in [3.8, 4) is 0 Å². The number of amides is 2. The molecule has 2 heterocycles. The van der Waals surface area contributed by atoms with Crippen LogP contribution in [-0.4, -0.2) is 40.4 Å². The van der Waals surface area contributed by atoms with Gasteiger partial charge in [-0.2, -0.15) is 0 Å². The molecule has 0 fully saturated rings. The van der Waals surface area contributed by atoms with Gasteiger partial charge in [0.25, 0.3) is 5.91 Å². The lowest BCUT2D eigenvalue weighted by Gasteiger charge is -2.16. The van der Waals surface area contributed by atoms with Crippen molar-refractivity contribution in [1.29, 1.82) is 0 Å². The maximum absolute atomic E-state index is 12.5. The van der Waals surface area contributed by atoms with Gasteiger partial charge in [-0.25, -0.2) is 4.98 Å². The number of rotatable bonds is 4. The summed E-state index contributed by atoms with van der Waals surface area (Å²) in [5, 5.41) is 6.60. The number of nitrogens with one attached hydrogen (secondary N) is 1. The van der Waals surface area contributed by atoms with Crippen LogP contribution >= 0.6 is 0 Å². The summed E-state index contributed by atoms with van der Waals surface area (Å²) in [7, 11) is 1.58. The summed E-state index contributed by atoms with van der Waals surface area (Å²) in [6.07, 6.45) is 3.70. The molecule has 0 aromatic carbocycles. The summed E-state index contributed by atoms with van der Waals surface area (Å²) in [5.41, 5.74) is 2.03. The Kier molecular flexibility index (Phi) is 4.59. The molecular weight excluding hydrogens is 308 g/mol. The number of carbonyl (C=O) groups is 2. The van der Waals surface area contributed by atoms with Crippen LogP contribution in [0.2, 0.25) is 0 Å². The molecule has 0 spiro atoms. The maximum Gasteiger partial charge on any atom is 0.276 e. The Hall–Kier alpha value is -2.70. The highest BCUT2D eigenvalue weighted by Crippen LogP contribution is 2.24. The van der Waals surface area contributed by atoms with Gasteiger partial charge in [0.05, 0.1) is 6.54 Å². The van der Waals surface area contributed by atoms with Gasteiger partial charge in [-0.3, -0.25) is 9.59 Å². The van der Waals surface area contributed by atoms with E-state index in [2.05, 4.69) is 15.5 Å². The van der Waals surface area contributed by atoms with Crippen molar-refractivity contribution in [2.45, 2.75) is 32.6 Å². The van der Waals surface area contributed by atoms with Gasteiger partial charge in [-0.05, 0) is 38.3 Å². The largest absolute Gasteiger partial charge is 0.360 e. The lowest BCUT2D eigenvalue weighted by atomic mass is 9.96. The van der Waals surface area contributed by atoms with Gasteiger partial charge in [0, 0.05) is 24.7 Å². The highest BCUT2D eigenvalue weighted by atomic mass is 16.5. The molecule has 2 amide bonds. The lowest BCUT2D eigenvalue weighted by molar-refractivity contribution is -0.116. The van der Waals surface area contributed by atoms with Gasteiger partial charge in [0.2, 0.25) is 5.91 Å². The fraction of sp³-hybridized carbons (Fsp3) is 0.412. The third-order valence-corrected chi connectivity index (χ3v) is 4.04. The molecule has 7 nitrogen and oxygen atoms in total. The summed E-state index contributed by atoms with van der Waals surface area (Å²) >= 11 is 0. The van der Waals surface area contributed by atoms with Crippen molar-refractivity contribution < 1.29 is 14.1 Å². The molecule has 2 aromatic heterocycles. The average Bonchev–Trinajstić information content (AvgIpc) is 2.98. The Balaban J connectivity index is 1.64. The SMILES string of the molecule is Cc1cccc(NC(=O)CN(C)C(=O)c2noc3c2CCCC3)n1. The highest BCUT2D eigenvalue weighted by Gasteiger charge is 2.26. The lowest BCUT2D eigenvalue weighted by Crippen LogP contribution is -2.35. The zero-order valence-corrected chi connectivity index (χ0v) is 13.8. The van der Waals surface area contributed by atoms with Crippen LogP contribution in [0, 0.1) is 6.92 Å². The molecule has 126 valence electrons. The van der Waals surface area contributed by atoms with E-state index in [1.807, 2.05) is 19.1 Å². The van der Waals surface area contributed by atoms with Gasteiger partial charge in [0.15, 0.2) is 5.69 Å². The van der Waals surface area contributed by atoms with Crippen molar-refractivity contribution in [1.82, 2.24) is 15.0 Å². The molecule has 24 heavy (non-hydrogen) atoms. The number of carbonyl (C=O) groups excluding carboxylic acids is 2. The first-order valence-electron chi connectivity index (χ1n) is 8.01. The molecule has 0 saturated carbocycles. The molecule has 1 aliphatic carbocycles. The Morgan fingerprint density at radius 2 is 2.08 bits per heavy atom. The van der Waals surface area contributed by atoms with E-state index < -0.39 is 0 Å². The van der Waals surface area contributed by atoms with Crippen LogP contribution in [0.5, 0.6) is 0 Å². The van der Waals surface area contributed by atoms with E-state index in [1.165, 1.54) is 4.90 Å². The summed E-state index contributed by atoms with van der Waals surface area (Å²) < 4.78 is 5.26. The second-order valence-corrected chi connectivity index (χ2v) is 6.01. The van der Waals surface area contributed by atoms with Gasteiger partial charge < -0.3 is 14.7 Å². The minimum Gasteiger partial charge on any atom is -0.360 e. The van der Waals surface area contributed by atoms with Crippen LogP contribution in [0.1, 0.15) is 40.3 Å². The second-order valence-electron chi connectivity index (χ2n) is 6.01. The molecule has 1 aliphatic rings. The number of hydrogen-bond donors (Lipinski definition) is 1. The molecule has 1 N–H and O–H groups in total. The summed E-state index contributed by atoms with van der Waals surface area (Å²) in [6, 6.07) is 5.37. The Bertz CT molecular complexity index is 769. The normalized spacial score (nSPS) is 13.2. The van der Waals surface area contributed by atoms with E-state index in [9.17, 15) is 9.59 Å². The fourth-order valence-corrected chi connectivity index (χ4v) is 2.82. The molecule has 0 radical (unpaired) electrons. The third kappa shape index (κ3) is 3.45. The van der Waals surface area contributed by atoms with Crippen molar-refractivity contribution in [2.75, 3.05) is 18.9 Å².